The third-order valence-corrected chi connectivity index (χ3v) is 7.82. The standard InChI is InChI=1S/C33H47N9O6/c1-21-31(44)40-26(32(45)38-13-9-34)19-22-4-6-27(47-16-11-36)24(18-22)25-20-23(5-7-28(25)48-17-12-37)30(33(46)39-21)42(3)29(43)8-14-41(2)15-10-35/h4-7,18,20-21,26,30H,8,10-17,19,35-37H2,1-3H3,(H,38,45)(H,39,46)(H,40,44)/t21-,26-,30-/m0/s1. The first kappa shape index (κ1) is 37.7. The fraction of sp³-hybridized carbons (Fsp3) is 0.485. The van der Waals surface area contributed by atoms with E-state index < -0.39 is 35.8 Å². The first-order valence-corrected chi connectivity index (χ1v) is 15.9. The Kier molecular flexibility index (Phi) is 14.6. The van der Waals surface area contributed by atoms with Crippen molar-refractivity contribution < 1.29 is 28.7 Å². The van der Waals surface area contributed by atoms with Gasteiger partial charge >= 0.3 is 0 Å². The van der Waals surface area contributed by atoms with Crippen LogP contribution in [-0.4, -0.2) is 112 Å². The van der Waals surface area contributed by atoms with E-state index in [1.54, 1.807) is 30.3 Å². The molecule has 4 amide bonds. The van der Waals surface area contributed by atoms with Gasteiger partial charge in [0.2, 0.25) is 23.6 Å². The quantitative estimate of drug-likeness (QED) is 0.134. The number of benzene rings is 2. The summed E-state index contributed by atoms with van der Waals surface area (Å²) in [6.07, 6.45) is 0.182. The first-order valence-electron chi connectivity index (χ1n) is 15.9. The summed E-state index contributed by atoms with van der Waals surface area (Å²) in [7, 11) is 3.39. The molecular weight excluding hydrogens is 618 g/mol. The number of amides is 4. The Morgan fingerprint density at radius 2 is 1.58 bits per heavy atom. The summed E-state index contributed by atoms with van der Waals surface area (Å²) in [6.45, 7) is 3.60. The van der Waals surface area contributed by atoms with Crippen LogP contribution in [0.15, 0.2) is 36.4 Å². The fourth-order valence-corrected chi connectivity index (χ4v) is 5.27. The summed E-state index contributed by atoms with van der Waals surface area (Å²) < 4.78 is 12.0. The van der Waals surface area contributed by atoms with Gasteiger partial charge in [-0.05, 0) is 49.4 Å². The number of nitrogens with two attached hydrogens (primary N) is 3. The lowest BCUT2D eigenvalue weighted by atomic mass is 9.93. The molecule has 1 heterocycles. The highest BCUT2D eigenvalue weighted by Crippen LogP contribution is 2.40. The number of carbonyl (C=O) groups excluding carboxylic acids is 4. The average Bonchev–Trinajstić information content (AvgIpc) is 3.07. The second-order valence-corrected chi connectivity index (χ2v) is 11.5. The predicted molar refractivity (Wildman–Crippen MR) is 180 cm³/mol. The molecule has 0 aliphatic carbocycles. The molecule has 4 bridgehead atoms. The van der Waals surface area contributed by atoms with Crippen LogP contribution in [0.4, 0.5) is 0 Å². The van der Waals surface area contributed by atoms with E-state index >= 15 is 0 Å². The van der Waals surface area contributed by atoms with Crippen LogP contribution in [0.5, 0.6) is 11.5 Å². The number of nitrogens with zero attached hydrogens (tertiary/aromatic N) is 3. The van der Waals surface area contributed by atoms with Gasteiger partial charge in [0.15, 0.2) is 0 Å². The van der Waals surface area contributed by atoms with Gasteiger partial charge < -0.3 is 52.4 Å². The van der Waals surface area contributed by atoms with Gasteiger partial charge in [0.1, 0.15) is 49.4 Å². The maximum absolute atomic E-state index is 14.0. The van der Waals surface area contributed by atoms with E-state index in [-0.39, 0.29) is 51.6 Å². The monoisotopic (exact) mass is 665 g/mol. The molecule has 1 aliphatic rings. The zero-order valence-corrected chi connectivity index (χ0v) is 27.8. The highest BCUT2D eigenvalue weighted by Gasteiger charge is 2.33. The number of hydrogen-bond donors (Lipinski definition) is 6. The van der Waals surface area contributed by atoms with E-state index in [0.29, 0.717) is 53.4 Å². The molecule has 0 fully saturated rings. The van der Waals surface area contributed by atoms with Crippen molar-refractivity contribution in [1.29, 1.82) is 5.26 Å². The zero-order chi connectivity index (χ0) is 35.2. The summed E-state index contributed by atoms with van der Waals surface area (Å²) in [5, 5.41) is 17.0. The van der Waals surface area contributed by atoms with Gasteiger partial charge in [-0.3, -0.25) is 19.2 Å². The second-order valence-electron chi connectivity index (χ2n) is 11.5. The van der Waals surface area contributed by atoms with Crippen LogP contribution in [0.2, 0.25) is 0 Å². The molecular formula is C33H47N9O6. The number of fused-ring (bicyclic) bond motifs is 5. The van der Waals surface area contributed by atoms with Crippen molar-refractivity contribution in [3.05, 3.63) is 47.5 Å². The molecule has 1 aliphatic heterocycles. The minimum absolute atomic E-state index is 0.0605. The molecule has 15 nitrogen and oxygen atoms in total. The maximum Gasteiger partial charge on any atom is 0.248 e. The summed E-state index contributed by atoms with van der Waals surface area (Å²) in [4.78, 5) is 57.3. The van der Waals surface area contributed by atoms with Gasteiger partial charge in [0, 0.05) is 63.7 Å². The highest BCUT2D eigenvalue weighted by atomic mass is 16.5. The van der Waals surface area contributed by atoms with Crippen molar-refractivity contribution in [3.8, 4) is 28.7 Å². The van der Waals surface area contributed by atoms with E-state index in [1.807, 2.05) is 24.1 Å². The molecule has 3 atom stereocenters. The number of hydrogen-bond acceptors (Lipinski definition) is 11. The molecule has 0 saturated heterocycles. The fourth-order valence-electron chi connectivity index (χ4n) is 5.27. The minimum atomic E-state index is -1.15. The molecule has 9 N–H and O–H groups in total. The van der Waals surface area contributed by atoms with E-state index in [9.17, 15) is 19.2 Å². The Morgan fingerprint density at radius 3 is 2.21 bits per heavy atom. The van der Waals surface area contributed by atoms with Crippen LogP contribution < -0.4 is 42.6 Å². The van der Waals surface area contributed by atoms with Gasteiger partial charge in [-0.2, -0.15) is 5.26 Å². The van der Waals surface area contributed by atoms with Crippen LogP contribution in [0.25, 0.3) is 11.1 Å². The normalized spacial score (nSPS) is 17.8. The Hall–Kier alpha value is -4.75. The second kappa shape index (κ2) is 18.6. The van der Waals surface area contributed by atoms with Crippen LogP contribution in [0, 0.1) is 11.3 Å². The lowest BCUT2D eigenvalue weighted by molar-refractivity contribution is -0.140. The van der Waals surface area contributed by atoms with Crippen LogP contribution in [0.1, 0.15) is 30.5 Å². The molecule has 2 aromatic carbocycles. The minimum Gasteiger partial charge on any atom is -0.492 e. The van der Waals surface area contributed by atoms with Crippen LogP contribution >= 0.6 is 0 Å². The third kappa shape index (κ3) is 10.1. The lowest BCUT2D eigenvalue weighted by Crippen LogP contribution is -2.55. The Morgan fingerprint density at radius 1 is 0.938 bits per heavy atom. The van der Waals surface area contributed by atoms with Crippen molar-refractivity contribution in [3.63, 3.8) is 0 Å². The van der Waals surface area contributed by atoms with Crippen molar-refractivity contribution in [2.75, 3.05) is 66.6 Å². The number of ether oxygens (including phenoxy) is 2. The van der Waals surface area contributed by atoms with Crippen molar-refractivity contribution in [2.24, 2.45) is 17.2 Å². The molecule has 260 valence electrons. The molecule has 3 rings (SSSR count). The number of nitrogens with one attached hydrogen (secondary N) is 3. The Labute approximate surface area is 281 Å². The Balaban J connectivity index is 2.24. The number of likely N-dealkylation sites (N-methyl/N-ethyl adjacent to an activating group) is 2. The summed E-state index contributed by atoms with van der Waals surface area (Å²) in [5.41, 5.74) is 19.4. The molecule has 0 spiro atoms. The van der Waals surface area contributed by atoms with Crippen molar-refractivity contribution >= 4 is 23.6 Å². The topological polar surface area (TPSA) is 231 Å². The smallest absolute Gasteiger partial charge is 0.248 e. The predicted octanol–water partition coefficient (Wildman–Crippen LogP) is -1.01. The first-order chi connectivity index (χ1) is 23.0. The van der Waals surface area contributed by atoms with Crippen LogP contribution in [-0.2, 0) is 25.6 Å². The van der Waals surface area contributed by atoms with Gasteiger partial charge in [0.25, 0.3) is 0 Å². The molecule has 0 unspecified atom stereocenters. The van der Waals surface area contributed by atoms with Crippen molar-refractivity contribution in [1.82, 2.24) is 25.8 Å². The van der Waals surface area contributed by atoms with E-state index in [2.05, 4.69) is 16.0 Å². The summed E-state index contributed by atoms with van der Waals surface area (Å²) in [5.74, 6) is -1.19. The van der Waals surface area contributed by atoms with Crippen LogP contribution in [0.3, 0.4) is 0 Å². The summed E-state index contributed by atoms with van der Waals surface area (Å²) in [6, 6.07) is 9.01. The van der Waals surface area contributed by atoms with Gasteiger partial charge in [-0.1, -0.05) is 12.1 Å². The molecule has 0 aromatic heterocycles. The molecule has 0 saturated carbocycles. The number of carbonyl (C=O) groups is 4. The van der Waals surface area contributed by atoms with E-state index in [4.69, 9.17) is 31.9 Å². The van der Waals surface area contributed by atoms with Gasteiger partial charge in [-0.25, -0.2) is 0 Å². The van der Waals surface area contributed by atoms with E-state index in [0.717, 1.165) is 0 Å². The molecule has 0 radical (unpaired) electrons. The molecule has 15 heteroatoms. The number of nitriles is 1. The molecule has 2 aromatic rings. The maximum atomic E-state index is 14.0. The van der Waals surface area contributed by atoms with Gasteiger partial charge in [0.05, 0.1) is 6.07 Å². The van der Waals surface area contributed by atoms with Crippen molar-refractivity contribution in [2.45, 2.75) is 37.9 Å². The van der Waals surface area contributed by atoms with Gasteiger partial charge in [-0.15, -0.1) is 0 Å². The highest BCUT2D eigenvalue weighted by molar-refractivity contribution is 5.95. The van der Waals surface area contributed by atoms with E-state index in [1.165, 1.54) is 18.9 Å². The SMILES string of the molecule is C[C@@H]1NC(=O)[C@@H](N(C)C(=O)CCN(C)CCN)c2ccc(OCCN)c(c2)-c2cc(ccc2OCCN)C[C@@H](C(=O)NCC#N)NC1=O. The average molecular weight is 666 g/mol. The number of rotatable bonds is 14. The molecule has 48 heavy (non-hydrogen) atoms. The Bertz CT molecular complexity index is 1480. The third-order valence-electron chi connectivity index (χ3n) is 7.82. The zero-order valence-electron chi connectivity index (χ0n) is 27.8. The lowest BCUT2D eigenvalue weighted by Gasteiger charge is -2.31. The largest absolute Gasteiger partial charge is 0.492 e. The summed E-state index contributed by atoms with van der Waals surface area (Å²) >= 11 is 0.